The molecular formula is C7H13F3N2O2S. The molecule has 0 spiro atoms. The minimum atomic E-state index is -4.25. The van der Waals surface area contributed by atoms with Crippen LogP contribution >= 0.6 is 0 Å². The maximum atomic E-state index is 11.7. The van der Waals surface area contributed by atoms with E-state index < -0.39 is 22.7 Å². The highest BCUT2D eigenvalue weighted by Crippen LogP contribution is 2.13. The summed E-state index contributed by atoms with van der Waals surface area (Å²) in [7, 11) is -3.19. The SMILES string of the molecule is O=S1(=O)CCCN1CCNCC(F)(F)F. The van der Waals surface area contributed by atoms with Crippen molar-refractivity contribution in [2.45, 2.75) is 12.6 Å². The number of hydrogen-bond donors (Lipinski definition) is 1. The highest BCUT2D eigenvalue weighted by Gasteiger charge is 2.29. The average molecular weight is 246 g/mol. The number of alkyl halides is 3. The minimum absolute atomic E-state index is 0.0265. The topological polar surface area (TPSA) is 49.4 Å². The molecule has 8 heteroatoms. The van der Waals surface area contributed by atoms with Gasteiger partial charge in [-0.15, -0.1) is 0 Å². The van der Waals surface area contributed by atoms with Crippen molar-refractivity contribution in [1.29, 1.82) is 0 Å². The van der Waals surface area contributed by atoms with E-state index in [1.807, 2.05) is 0 Å². The summed E-state index contributed by atoms with van der Waals surface area (Å²) >= 11 is 0. The fourth-order valence-corrected chi connectivity index (χ4v) is 2.91. The lowest BCUT2D eigenvalue weighted by Crippen LogP contribution is -2.37. The predicted octanol–water partition coefficient (Wildman–Crippen LogP) is 0.174. The molecule has 0 saturated carbocycles. The Morgan fingerprint density at radius 1 is 1.33 bits per heavy atom. The normalized spacial score (nSPS) is 22.1. The van der Waals surface area contributed by atoms with Gasteiger partial charge in [-0.25, -0.2) is 12.7 Å². The molecule has 1 aliphatic heterocycles. The van der Waals surface area contributed by atoms with Gasteiger partial charge in [0, 0.05) is 19.6 Å². The summed E-state index contributed by atoms with van der Waals surface area (Å²) in [5, 5.41) is 2.16. The maximum Gasteiger partial charge on any atom is 0.401 e. The highest BCUT2D eigenvalue weighted by atomic mass is 32.2. The number of nitrogens with zero attached hydrogens (tertiary/aromatic N) is 1. The molecule has 0 unspecified atom stereocenters. The summed E-state index contributed by atoms with van der Waals surface area (Å²) in [6.45, 7) is -0.534. The summed E-state index contributed by atoms with van der Waals surface area (Å²) < 4.78 is 58.8. The molecule has 0 bridgehead atoms. The second-order valence-electron chi connectivity index (χ2n) is 3.36. The molecule has 1 rings (SSSR count). The van der Waals surface area contributed by atoms with Gasteiger partial charge in [0.15, 0.2) is 0 Å². The molecule has 0 aliphatic carbocycles. The molecular weight excluding hydrogens is 233 g/mol. The minimum Gasteiger partial charge on any atom is -0.307 e. The van der Waals surface area contributed by atoms with E-state index in [1.165, 1.54) is 4.31 Å². The molecule has 1 N–H and O–H groups in total. The van der Waals surface area contributed by atoms with E-state index >= 15 is 0 Å². The quantitative estimate of drug-likeness (QED) is 0.720. The Morgan fingerprint density at radius 2 is 2.00 bits per heavy atom. The van der Waals surface area contributed by atoms with Crippen LogP contribution in [0.2, 0.25) is 0 Å². The summed E-state index contributed by atoms with van der Waals surface area (Å²) in [6, 6.07) is 0. The standard InChI is InChI=1S/C7H13F3N2O2S/c8-7(9,10)6-11-2-4-12-3-1-5-15(12,13)14/h11H,1-6H2. The molecule has 0 atom stereocenters. The van der Waals surface area contributed by atoms with E-state index in [0.717, 1.165) is 0 Å². The van der Waals surface area contributed by atoms with Crippen LogP contribution in [-0.2, 0) is 10.0 Å². The monoisotopic (exact) mass is 246 g/mol. The number of halogens is 3. The second kappa shape index (κ2) is 4.67. The van der Waals surface area contributed by atoms with Crippen LogP contribution in [0.3, 0.4) is 0 Å². The Bertz CT molecular complexity index is 302. The lowest BCUT2D eigenvalue weighted by Gasteiger charge is -2.14. The highest BCUT2D eigenvalue weighted by molar-refractivity contribution is 7.89. The van der Waals surface area contributed by atoms with Crippen molar-refractivity contribution >= 4 is 10.0 Å². The first kappa shape index (κ1) is 12.7. The third kappa shape index (κ3) is 4.35. The molecule has 15 heavy (non-hydrogen) atoms. The van der Waals surface area contributed by atoms with Crippen molar-refractivity contribution in [3.63, 3.8) is 0 Å². The van der Waals surface area contributed by atoms with Gasteiger partial charge in [0.05, 0.1) is 12.3 Å². The number of sulfonamides is 1. The second-order valence-corrected chi connectivity index (χ2v) is 5.45. The largest absolute Gasteiger partial charge is 0.401 e. The molecule has 1 fully saturated rings. The lowest BCUT2D eigenvalue weighted by molar-refractivity contribution is -0.124. The van der Waals surface area contributed by atoms with Crippen molar-refractivity contribution in [2.75, 3.05) is 31.9 Å². The zero-order chi connectivity index (χ0) is 11.5. The van der Waals surface area contributed by atoms with E-state index in [0.29, 0.717) is 13.0 Å². The Hall–Kier alpha value is -0.340. The number of rotatable bonds is 4. The van der Waals surface area contributed by atoms with E-state index in [-0.39, 0.29) is 18.8 Å². The number of nitrogens with one attached hydrogen (secondary N) is 1. The Balaban J connectivity index is 2.21. The van der Waals surface area contributed by atoms with Crippen molar-refractivity contribution in [3.05, 3.63) is 0 Å². The zero-order valence-corrected chi connectivity index (χ0v) is 8.86. The summed E-state index contributed by atoms with van der Waals surface area (Å²) in [6.07, 6.45) is -3.69. The van der Waals surface area contributed by atoms with Crippen LogP contribution in [0, 0.1) is 0 Å². The first-order chi connectivity index (χ1) is 6.81. The van der Waals surface area contributed by atoms with Gasteiger partial charge < -0.3 is 5.32 Å². The lowest BCUT2D eigenvalue weighted by atomic mass is 10.4. The fourth-order valence-electron chi connectivity index (χ4n) is 1.38. The van der Waals surface area contributed by atoms with Gasteiger partial charge >= 0.3 is 6.18 Å². The zero-order valence-electron chi connectivity index (χ0n) is 8.05. The maximum absolute atomic E-state index is 11.7. The van der Waals surface area contributed by atoms with Gasteiger partial charge in [0.25, 0.3) is 0 Å². The summed E-state index contributed by atoms with van der Waals surface area (Å²) in [4.78, 5) is 0. The molecule has 0 amide bonds. The Morgan fingerprint density at radius 3 is 2.47 bits per heavy atom. The first-order valence-corrected chi connectivity index (χ1v) is 6.17. The van der Waals surface area contributed by atoms with Gasteiger partial charge in [-0.1, -0.05) is 0 Å². The van der Waals surface area contributed by atoms with Crippen LogP contribution in [0.15, 0.2) is 0 Å². The fraction of sp³-hybridized carbons (Fsp3) is 1.00. The Kier molecular flexibility index (Phi) is 3.96. The van der Waals surface area contributed by atoms with Crippen LogP contribution in [0.5, 0.6) is 0 Å². The predicted molar refractivity (Wildman–Crippen MR) is 48.9 cm³/mol. The molecule has 4 nitrogen and oxygen atoms in total. The summed E-state index contributed by atoms with van der Waals surface area (Å²) in [5.41, 5.74) is 0. The third-order valence-electron chi connectivity index (χ3n) is 2.07. The van der Waals surface area contributed by atoms with Crippen LogP contribution in [0.1, 0.15) is 6.42 Å². The van der Waals surface area contributed by atoms with Gasteiger partial charge in [-0.05, 0) is 6.42 Å². The van der Waals surface area contributed by atoms with Gasteiger partial charge in [0.1, 0.15) is 0 Å². The molecule has 1 saturated heterocycles. The van der Waals surface area contributed by atoms with E-state index in [9.17, 15) is 21.6 Å². The molecule has 0 radical (unpaired) electrons. The van der Waals surface area contributed by atoms with Crippen LogP contribution in [0.4, 0.5) is 13.2 Å². The van der Waals surface area contributed by atoms with Crippen LogP contribution in [0.25, 0.3) is 0 Å². The van der Waals surface area contributed by atoms with Crippen LogP contribution in [-0.4, -0.2) is 50.8 Å². The van der Waals surface area contributed by atoms with E-state index in [2.05, 4.69) is 5.32 Å². The van der Waals surface area contributed by atoms with Gasteiger partial charge in [-0.3, -0.25) is 0 Å². The third-order valence-corrected chi connectivity index (χ3v) is 4.02. The number of hydrogen-bond acceptors (Lipinski definition) is 3. The van der Waals surface area contributed by atoms with E-state index in [1.54, 1.807) is 0 Å². The van der Waals surface area contributed by atoms with Crippen LogP contribution < -0.4 is 5.32 Å². The summed E-state index contributed by atoms with van der Waals surface area (Å²) in [5.74, 6) is 0.103. The first-order valence-electron chi connectivity index (χ1n) is 4.56. The molecule has 1 heterocycles. The smallest absolute Gasteiger partial charge is 0.307 e. The van der Waals surface area contributed by atoms with Crippen molar-refractivity contribution in [2.24, 2.45) is 0 Å². The molecule has 0 aromatic rings. The molecule has 0 aromatic heterocycles. The van der Waals surface area contributed by atoms with E-state index in [4.69, 9.17) is 0 Å². The van der Waals surface area contributed by atoms with Crippen molar-refractivity contribution in [1.82, 2.24) is 9.62 Å². The van der Waals surface area contributed by atoms with Crippen molar-refractivity contribution < 1.29 is 21.6 Å². The van der Waals surface area contributed by atoms with Gasteiger partial charge in [0.2, 0.25) is 10.0 Å². The molecule has 90 valence electrons. The van der Waals surface area contributed by atoms with Gasteiger partial charge in [-0.2, -0.15) is 13.2 Å². The Labute approximate surface area is 86.5 Å². The molecule has 1 aliphatic rings. The average Bonchev–Trinajstić information content (AvgIpc) is 2.37. The molecule has 0 aromatic carbocycles. The van der Waals surface area contributed by atoms with Crippen molar-refractivity contribution in [3.8, 4) is 0 Å².